The summed E-state index contributed by atoms with van der Waals surface area (Å²) in [5.74, 6) is 0.736. The molecule has 2 heterocycles. The monoisotopic (exact) mass is 263 g/mol. The van der Waals surface area contributed by atoms with Crippen molar-refractivity contribution in [2.75, 3.05) is 14.1 Å². The van der Waals surface area contributed by atoms with E-state index in [0.717, 1.165) is 22.5 Å². The standard InChI is InChI=1S/C13H17N3OS/c1-16(2)10-4-3-5-11(10)17-12-9-6-7-18-13(9)15-8-14-12/h6-8,10-11H,3-5H2,1-2H3. The van der Waals surface area contributed by atoms with E-state index in [0.29, 0.717) is 6.04 Å². The highest BCUT2D eigenvalue weighted by molar-refractivity contribution is 7.16. The van der Waals surface area contributed by atoms with Crippen molar-refractivity contribution in [1.82, 2.24) is 14.9 Å². The van der Waals surface area contributed by atoms with Crippen LogP contribution in [0.3, 0.4) is 0 Å². The van der Waals surface area contributed by atoms with Crippen LogP contribution in [0.25, 0.3) is 10.2 Å². The van der Waals surface area contributed by atoms with Gasteiger partial charge in [-0.25, -0.2) is 9.97 Å². The van der Waals surface area contributed by atoms with E-state index in [1.54, 1.807) is 17.7 Å². The Bertz CT molecular complexity index is 540. The summed E-state index contributed by atoms with van der Waals surface area (Å²) in [6.07, 6.45) is 5.38. The summed E-state index contributed by atoms with van der Waals surface area (Å²) in [4.78, 5) is 11.8. The van der Waals surface area contributed by atoms with Crippen LogP contribution in [0.15, 0.2) is 17.8 Å². The lowest BCUT2D eigenvalue weighted by atomic mass is 10.2. The topological polar surface area (TPSA) is 38.2 Å². The molecule has 0 saturated heterocycles. The van der Waals surface area contributed by atoms with Crippen LogP contribution in [0.2, 0.25) is 0 Å². The Kier molecular flexibility index (Phi) is 3.18. The van der Waals surface area contributed by atoms with E-state index in [4.69, 9.17) is 4.74 Å². The van der Waals surface area contributed by atoms with Crippen LogP contribution in [0.1, 0.15) is 19.3 Å². The third kappa shape index (κ3) is 2.08. The summed E-state index contributed by atoms with van der Waals surface area (Å²) in [5, 5.41) is 3.07. The Hall–Kier alpha value is -1.20. The molecule has 3 rings (SSSR count). The molecule has 0 N–H and O–H groups in total. The first-order valence-corrected chi connectivity index (χ1v) is 7.15. The van der Waals surface area contributed by atoms with Gasteiger partial charge >= 0.3 is 0 Å². The largest absolute Gasteiger partial charge is 0.472 e. The zero-order chi connectivity index (χ0) is 12.5. The molecule has 0 bridgehead atoms. The first-order valence-electron chi connectivity index (χ1n) is 6.27. The van der Waals surface area contributed by atoms with Gasteiger partial charge in [0.15, 0.2) is 0 Å². The molecular weight excluding hydrogens is 246 g/mol. The molecule has 0 aliphatic heterocycles. The van der Waals surface area contributed by atoms with Crippen molar-refractivity contribution in [3.63, 3.8) is 0 Å². The van der Waals surface area contributed by atoms with E-state index in [-0.39, 0.29) is 6.10 Å². The molecule has 1 fully saturated rings. The highest BCUT2D eigenvalue weighted by Crippen LogP contribution is 2.31. The van der Waals surface area contributed by atoms with Crippen LogP contribution in [0.5, 0.6) is 5.88 Å². The third-order valence-electron chi connectivity index (χ3n) is 3.57. The van der Waals surface area contributed by atoms with Gasteiger partial charge < -0.3 is 9.64 Å². The predicted octanol–water partition coefficient (Wildman–Crippen LogP) is 2.55. The zero-order valence-electron chi connectivity index (χ0n) is 10.7. The lowest BCUT2D eigenvalue weighted by molar-refractivity contribution is 0.118. The van der Waals surface area contributed by atoms with Crippen LogP contribution in [0, 0.1) is 0 Å². The summed E-state index contributed by atoms with van der Waals surface area (Å²) in [6, 6.07) is 2.53. The summed E-state index contributed by atoms with van der Waals surface area (Å²) in [6.45, 7) is 0. The molecular formula is C13H17N3OS. The molecule has 1 aliphatic carbocycles. The molecule has 96 valence electrons. The molecule has 0 amide bonds. The number of likely N-dealkylation sites (N-methyl/N-ethyl adjacent to an activating group) is 1. The van der Waals surface area contributed by atoms with E-state index in [1.807, 2.05) is 11.4 Å². The van der Waals surface area contributed by atoms with Crippen molar-refractivity contribution in [2.24, 2.45) is 0 Å². The van der Waals surface area contributed by atoms with Crippen LogP contribution >= 0.6 is 11.3 Å². The quantitative estimate of drug-likeness (QED) is 0.853. The number of fused-ring (bicyclic) bond motifs is 1. The van der Waals surface area contributed by atoms with Gasteiger partial charge in [-0.3, -0.25) is 0 Å². The Morgan fingerprint density at radius 1 is 1.33 bits per heavy atom. The van der Waals surface area contributed by atoms with Crippen molar-refractivity contribution in [3.05, 3.63) is 17.8 Å². The summed E-state index contributed by atoms with van der Waals surface area (Å²) >= 11 is 1.62. The number of hydrogen-bond acceptors (Lipinski definition) is 5. The molecule has 2 unspecified atom stereocenters. The number of ether oxygens (including phenoxy) is 1. The summed E-state index contributed by atoms with van der Waals surface area (Å²) in [5.41, 5.74) is 0. The van der Waals surface area contributed by atoms with E-state index >= 15 is 0 Å². The van der Waals surface area contributed by atoms with E-state index < -0.39 is 0 Å². The van der Waals surface area contributed by atoms with Crippen molar-refractivity contribution >= 4 is 21.6 Å². The SMILES string of the molecule is CN(C)C1CCCC1Oc1ncnc2sccc12. The molecule has 18 heavy (non-hydrogen) atoms. The lowest BCUT2D eigenvalue weighted by Gasteiger charge is -2.26. The maximum Gasteiger partial charge on any atom is 0.225 e. The van der Waals surface area contributed by atoms with Crippen molar-refractivity contribution in [3.8, 4) is 5.88 Å². The van der Waals surface area contributed by atoms with Gasteiger partial charge in [0.2, 0.25) is 5.88 Å². The predicted molar refractivity (Wildman–Crippen MR) is 73.2 cm³/mol. The molecule has 5 heteroatoms. The fourth-order valence-electron chi connectivity index (χ4n) is 2.64. The van der Waals surface area contributed by atoms with Crippen LogP contribution < -0.4 is 4.74 Å². The third-order valence-corrected chi connectivity index (χ3v) is 4.39. The molecule has 2 atom stereocenters. The fraction of sp³-hybridized carbons (Fsp3) is 0.538. The lowest BCUT2D eigenvalue weighted by Crippen LogP contribution is -2.38. The Balaban J connectivity index is 1.86. The second-order valence-corrected chi connectivity index (χ2v) is 5.83. The minimum absolute atomic E-state index is 0.248. The maximum absolute atomic E-state index is 6.13. The number of rotatable bonds is 3. The molecule has 2 aromatic heterocycles. The van der Waals surface area contributed by atoms with E-state index in [9.17, 15) is 0 Å². The van der Waals surface area contributed by atoms with Gasteiger partial charge in [0, 0.05) is 6.04 Å². The summed E-state index contributed by atoms with van der Waals surface area (Å²) < 4.78 is 6.13. The molecule has 0 spiro atoms. The smallest absolute Gasteiger partial charge is 0.225 e. The van der Waals surface area contributed by atoms with Gasteiger partial charge in [-0.05, 0) is 44.8 Å². The highest BCUT2D eigenvalue weighted by atomic mass is 32.1. The minimum Gasteiger partial charge on any atom is -0.472 e. The van der Waals surface area contributed by atoms with Gasteiger partial charge in [-0.2, -0.15) is 0 Å². The Labute approximate surface area is 111 Å². The maximum atomic E-state index is 6.13. The Morgan fingerprint density at radius 3 is 3.06 bits per heavy atom. The fourth-order valence-corrected chi connectivity index (χ4v) is 3.36. The van der Waals surface area contributed by atoms with Crippen LogP contribution in [-0.4, -0.2) is 41.1 Å². The summed E-state index contributed by atoms with van der Waals surface area (Å²) in [7, 11) is 4.24. The second kappa shape index (κ2) is 4.82. The number of aromatic nitrogens is 2. The van der Waals surface area contributed by atoms with Gasteiger partial charge in [-0.15, -0.1) is 11.3 Å². The first kappa shape index (κ1) is 11.9. The van der Waals surface area contributed by atoms with Gasteiger partial charge in [0.25, 0.3) is 0 Å². The minimum atomic E-state index is 0.248. The van der Waals surface area contributed by atoms with Crippen molar-refractivity contribution in [2.45, 2.75) is 31.4 Å². The van der Waals surface area contributed by atoms with Crippen molar-refractivity contribution in [1.29, 1.82) is 0 Å². The highest BCUT2D eigenvalue weighted by Gasteiger charge is 2.31. The van der Waals surface area contributed by atoms with Gasteiger partial charge in [0.1, 0.15) is 17.3 Å². The number of thiophene rings is 1. The van der Waals surface area contributed by atoms with Crippen molar-refractivity contribution < 1.29 is 4.74 Å². The number of hydrogen-bond donors (Lipinski definition) is 0. The molecule has 1 aliphatic rings. The molecule has 1 saturated carbocycles. The average molecular weight is 263 g/mol. The zero-order valence-corrected chi connectivity index (χ0v) is 11.5. The van der Waals surface area contributed by atoms with E-state index in [2.05, 4.69) is 29.0 Å². The normalized spacial score (nSPS) is 23.9. The van der Waals surface area contributed by atoms with E-state index in [1.165, 1.54) is 12.8 Å². The Morgan fingerprint density at radius 2 is 2.22 bits per heavy atom. The molecule has 0 radical (unpaired) electrons. The van der Waals surface area contributed by atoms with Crippen LogP contribution in [0.4, 0.5) is 0 Å². The molecule has 0 aromatic carbocycles. The second-order valence-electron chi connectivity index (χ2n) is 4.94. The first-order chi connectivity index (χ1) is 8.75. The van der Waals surface area contributed by atoms with Gasteiger partial charge in [0.05, 0.1) is 5.39 Å². The molecule has 2 aromatic rings. The number of nitrogens with zero attached hydrogens (tertiary/aromatic N) is 3. The average Bonchev–Trinajstić information content (AvgIpc) is 2.96. The molecule has 4 nitrogen and oxygen atoms in total. The van der Waals surface area contributed by atoms with Crippen LogP contribution in [-0.2, 0) is 0 Å². The van der Waals surface area contributed by atoms with Gasteiger partial charge in [-0.1, -0.05) is 0 Å².